The molecular weight excluding hydrogens is 322 g/mol. The zero-order valence-electron chi connectivity index (χ0n) is 14.5. The van der Waals surface area contributed by atoms with E-state index in [0.717, 1.165) is 48.4 Å². The number of anilines is 2. The SMILES string of the molecule is Cc1cc(CNC2CCN(c3ccc(Cl)cc3)C2)nc(N(C)C)n1. The van der Waals surface area contributed by atoms with Crippen LogP contribution in [0.2, 0.25) is 5.02 Å². The molecule has 6 heteroatoms. The van der Waals surface area contributed by atoms with Gasteiger partial charge in [0.2, 0.25) is 5.95 Å². The number of nitrogens with one attached hydrogen (secondary N) is 1. The highest BCUT2D eigenvalue weighted by molar-refractivity contribution is 6.30. The fourth-order valence-electron chi connectivity index (χ4n) is 2.97. The highest BCUT2D eigenvalue weighted by Crippen LogP contribution is 2.22. The number of hydrogen-bond donors (Lipinski definition) is 1. The van der Waals surface area contributed by atoms with Gasteiger partial charge in [-0.2, -0.15) is 0 Å². The predicted octanol–water partition coefficient (Wildman–Crippen LogP) is 2.87. The number of rotatable bonds is 5. The summed E-state index contributed by atoms with van der Waals surface area (Å²) in [6.07, 6.45) is 1.13. The van der Waals surface area contributed by atoms with E-state index in [-0.39, 0.29) is 0 Å². The van der Waals surface area contributed by atoms with Crippen LogP contribution in [0.25, 0.3) is 0 Å². The summed E-state index contributed by atoms with van der Waals surface area (Å²) in [5.41, 5.74) is 3.27. The van der Waals surface area contributed by atoms with Gasteiger partial charge in [0.05, 0.1) is 5.69 Å². The van der Waals surface area contributed by atoms with Crippen molar-refractivity contribution in [2.75, 3.05) is 37.0 Å². The first-order chi connectivity index (χ1) is 11.5. The molecule has 1 aliphatic heterocycles. The summed E-state index contributed by atoms with van der Waals surface area (Å²) in [5, 5.41) is 4.41. The Morgan fingerprint density at radius 2 is 2.00 bits per heavy atom. The van der Waals surface area contributed by atoms with Crippen molar-refractivity contribution >= 4 is 23.2 Å². The van der Waals surface area contributed by atoms with Crippen molar-refractivity contribution in [1.29, 1.82) is 0 Å². The van der Waals surface area contributed by atoms with Crippen LogP contribution in [0.1, 0.15) is 17.8 Å². The van der Waals surface area contributed by atoms with Crippen molar-refractivity contribution in [3.63, 3.8) is 0 Å². The molecule has 2 aromatic rings. The Bertz CT molecular complexity index is 686. The van der Waals surface area contributed by atoms with Crippen molar-refractivity contribution < 1.29 is 0 Å². The minimum atomic E-state index is 0.471. The van der Waals surface area contributed by atoms with Gasteiger partial charge < -0.3 is 15.1 Å². The van der Waals surface area contributed by atoms with Crippen molar-refractivity contribution in [2.24, 2.45) is 0 Å². The standard InChI is InChI=1S/C18H24ClN5/c1-13-10-16(22-18(21-13)23(2)3)11-20-15-8-9-24(12-15)17-6-4-14(19)5-7-17/h4-7,10,15,20H,8-9,11-12H2,1-3H3. The number of aryl methyl sites for hydroxylation is 1. The molecule has 5 nitrogen and oxygen atoms in total. The third kappa shape index (κ3) is 4.16. The fourth-order valence-corrected chi connectivity index (χ4v) is 3.10. The van der Waals surface area contributed by atoms with E-state index in [4.69, 9.17) is 11.6 Å². The summed E-state index contributed by atoms with van der Waals surface area (Å²) in [6, 6.07) is 10.6. The number of benzene rings is 1. The molecule has 1 aliphatic rings. The lowest BCUT2D eigenvalue weighted by molar-refractivity contribution is 0.545. The van der Waals surface area contributed by atoms with Gasteiger partial charge in [-0.3, -0.25) is 0 Å². The average Bonchev–Trinajstić information content (AvgIpc) is 3.02. The summed E-state index contributed by atoms with van der Waals surface area (Å²) in [5.74, 6) is 0.765. The largest absolute Gasteiger partial charge is 0.370 e. The maximum absolute atomic E-state index is 5.97. The highest BCUT2D eigenvalue weighted by atomic mass is 35.5. The molecule has 0 saturated carbocycles. The van der Waals surface area contributed by atoms with Gasteiger partial charge in [-0.1, -0.05) is 11.6 Å². The van der Waals surface area contributed by atoms with E-state index < -0.39 is 0 Å². The smallest absolute Gasteiger partial charge is 0.225 e. The van der Waals surface area contributed by atoms with Crippen molar-refractivity contribution in [3.8, 4) is 0 Å². The quantitative estimate of drug-likeness (QED) is 0.902. The zero-order valence-corrected chi connectivity index (χ0v) is 15.2. The fraction of sp³-hybridized carbons (Fsp3) is 0.444. The normalized spacial score (nSPS) is 17.3. The molecule has 1 aromatic heterocycles. The summed E-state index contributed by atoms with van der Waals surface area (Å²) < 4.78 is 0. The van der Waals surface area contributed by atoms with Gasteiger partial charge in [-0.25, -0.2) is 9.97 Å². The molecule has 0 aliphatic carbocycles. The second kappa shape index (κ2) is 7.36. The van der Waals surface area contributed by atoms with E-state index in [1.54, 1.807) is 0 Å². The number of hydrogen-bond acceptors (Lipinski definition) is 5. The zero-order chi connectivity index (χ0) is 17.1. The van der Waals surface area contributed by atoms with Gasteiger partial charge in [0.15, 0.2) is 0 Å². The van der Waals surface area contributed by atoms with Gasteiger partial charge >= 0.3 is 0 Å². The molecule has 1 atom stereocenters. The molecule has 1 aromatic carbocycles. The molecule has 0 bridgehead atoms. The Morgan fingerprint density at radius 1 is 1.25 bits per heavy atom. The van der Waals surface area contributed by atoms with Crippen molar-refractivity contribution in [3.05, 3.63) is 46.7 Å². The van der Waals surface area contributed by atoms with E-state index in [1.165, 1.54) is 5.69 Å². The van der Waals surface area contributed by atoms with Crippen LogP contribution in [0, 0.1) is 6.92 Å². The Morgan fingerprint density at radius 3 is 2.71 bits per heavy atom. The number of aromatic nitrogens is 2. The maximum atomic E-state index is 5.97. The van der Waals surface area contributed by atoms with Crippen molar-refractivity contribution in [2.45, 2.75) is 25.9 Å². The van der Waals surface area contributed by atoms with E-state index in [2.05, 4.69) is 32.3 Å². The van der Waals surface area contributed by atoms with Crippen LogP contribution in [0.3, 0.4) is 0 Å². The van der Waals surface area contributed by atoms with Crippen molar-refractivity contribution in [1.82, 2.24) is 15.3 Å². The van der Waals surface area contributed by atoms with Crippen LogP contribution in [0.4, 0.5) is 11.6 Å². The second-order valence-corrected chi connectivity index (χ2v) is 6.92. The van der Waals surface area contributed by atoms with Crippen LogP contribution >= 0.6 is 11.6 Å². The lowest BCUT2D eigenvalue weighted by Gasteiger charge is -2.19. The summed E-state index contributed by atoms with van der Waals surface area (Å²) in [4.78, 5) is 13.4. The lowest BCUT2D eigenvalue weighted by Crippen LogP contribution is -2.32. The Balaban J connectivity index is 1.57. The molecule has 1 fully saturated rings. The molecule has 1 N–H and O–H groups in total. The van der Waals surface area contributed by atoms with Crippen LogP contribution in [0.15, 0.2) is 30.3 Å². The van der Waals surface area contributed by atoms with Crippen LogP contribution in [-0.4, -0.2) is 43.2 Å². The molecular formula is C18H24ClN5. The van der Waals surface area contributed by atoms with E-state index in [1.807, 2.05) is 44.1 Å². The molecule has 1 unspecified atom stereocenters. The maximum Gasteiger partial charge on any atom is 0.225 e. The number of nitrogens with zero attached hydrogens (tertiary/aromatic N) is 4. The van der Waals surface area contributed by atoms with E-state index in [0.29, 0.717) is 6.04 Å². The molecule has 0 amide bonds. The number of halogens is 1. The molecule has 2 heterocycles. The molecule has 0 radical (unpaired) electrons. The average molecular weight is 346 g/mol. The molecule has 24 heavy (non-hydrogen) atoms. The Hall–Kier alpha value is -1.85. The van der Waals surface area contributed by atoms with Gasteiger partial charge in [0.1, 0.15) is 0 Å². The lowest BCUT2D eigenvalue weighted by atomic mass is 10.2. The molecule has 1 saturated heterocycles. The van der Waals surface area contributed by atoms with Gasteiger partial charge in [0, 0.05) is 56.2 Å². The second-order valence-electron chi connectivity index (χ2n) is 6.48. The van der Waals surface area contributed by atoms with E-state index >= 15 is 0 Å². The van der Waals surface area contributed by atoms with Crippen LogP contribution < -0.4 is 15.1 Å². The first-order valence-electron chi connectivity index (χ1n) is 8.27. The van der Waals surface area contributed by atoms with Gasteiger partial charge in [-0.05, 0) is 43.7 Å². The van der Waals surface area contributed by atoms with E-state index in [9.17, 15) is 0 Å². The molecule has 128 valence electrons. The summed E-state index contributed by atoms with van der Waals surface area (Å²) >= 11 is 5.97. The predicted molar refractivity (Wildman–Crippen MR) is 100 cm³/mol. The first-order valence-corrected chi connectivity index (χ1v) is 8.65. The van der Waals surface area contributed by atoms with Crippen LogP contribution in [-0.2, 0) is 6.54 Å². The first kappa shape index (κ1) is 17.0. The highest BCUT2D eigenvalue weighted by Gasteiger charge is 2.22. The minimum Gasteiger partial charge on any atom is -0.370 e. The molecule has 3 rings (SSSR count). The Kier molecular flexibility index (Phi) is 5.21. The third-order valence-electron chi connectivity index (χ3n) is 4.25. The Labute approximate surface area is 148 Å². The van der Waals surface area contributed by atoms with Gasteiger partial charge in [0.25, 0.3) is 0 Å². The monoisotopic (exact) mass is 345 g/mol. The summed E-state index contributed by atoms with van der Waals surface area (Å²) in [7, 11) is 3.93. The van der Waals surface area contributed by atoms with Crippen LogP contribution in [0.5, 0.6) is 0 Å². The topological polar surface area (TPSA) is 44.3 Å². The third-order valence-corrected chi connectivity index (χ3v) is 4.50. The van der Waals surface area contributed by atoms with Gasteiger partial charge in [-0.15, -0.1) is 0 Å². The summed E-state index contributed by atoms with van der Waals surface area (Å²) in [6.45, 7) is 4.84. The minimum absolute atomic E-state index is 0.471. The molecule has 0 spiro atoms.